The maximum atomic E-state index is 11.3. The highest BCUT2D eigenvalue weighted by Gasteiger charge is 2.17. The molecule has 1 heterocycles. The Morgan fingerprint density at radius 2 is 2.16 bits per heavy atom. The third-order valence-corrected chi connectivity index (χ3v) is 3.72. The van der Waals surface area contributed by atoms with Crippen LogP contribution in [0.4, 0.5) is 5.69 Å². The first kappa shape index (κ1) is 14.2. The molecule has 104 valence electrons. The van der Waals surface area contributed by atoms with E-state index in [-0.39, 0.29) is 0 Å². The van der Waals surface area contributed by atoms with Gasteiger partial charge >= 0.3 is 5.97 Å². The normalized spacial score (nSPS) is 16.5. The lowest BCUT2D eigenvalue weighted by Crippen LogP contribution is -2.33. The predicted molar refractivity (Wildman–Crippen MR) is 76.6 cm³/mol. The molecule has 1 saturated heterocycles. The van der Waals surface area contributed by atoms with Crippen LogP contribution in [-0.2, 0) is 16.0 Å². The minimum atomic E-state index is -0.640. The van der Waals surface area contributed by atoms with Crippen molar-refractivity contribution in [3.63, 3.8) is 0 Å². The third-order valence-electron chi connectivity index (χ3n) is 3.42. The number of carbonyl (C=O) groups excluding carboxylic acids is 1. The molecule has 0 aliphatic carbocycles. The maximum absolute atomic E-state index is 11.3. The Labute approximate surface area is 118 Å². The molecule has 0 amide bonds. The van der Waals surface area contributed by atoms with Gasteiger partial charge in [-0.25, -0.2) is 0 Å². The Hall–Kier alpha value is -1.26. The van der Waals surface area contributed by atoms with Crippen molar-refractivity contribution in [1.29, 1.82) is 0 Å². The van der Waals surface area contributed by atoms with Gasteiger partial charge in [0, 0.05) is 13.1 Å². The first-order chi connectivity index (χ1) is 9.11. The van der Waals surface area contributed by atoms with Crippen LogP contribution in [0, 0.1) is 0 Å². The molecule has 0 saturated carbocycles. The molecule has 19 heavy (non-hydrogen) atoms. The number of rotatable bonds is 4. The molecule has 1 aliphatic rings. The number of hydrogen-bond acceptors (Lipinski definition) is 4. The fourth-order valence-corrected chi connectivity index (χ4v) is 2.70. The molecule has 1 atom stereocenters. The van der Waals surface area contributed by atoms with Crippen LogP contribution >= 0.6 is 11.6 Å². The minimum Gasteiger partial charge on any atom is -0.468 e. The summed E-state index contributed by atoms with van der Waals surface area (Å²) in [5.74, 6) is -0.403. The van der Waals surface area contributed by atoms with Gasteiger partial charge < -0.3 is 15.4 Å². The molecule has 0 radical (unpaired) electrons. The van der Waals surface area contributed by atoms with Gasteiger partial charge in [-0.15, -0.1) is 0 Å². The number of anilines is 1. The Balaban J connectivity index is 2.08. The number of nitrogens with two attached hydrogens (primary N) is 1. The Morgan fingerprint density at radius 3 is 2.74 bits per heavy atom. The van der Waals surface area contributed by atoms with Gasteiger partial charge in [0.25, 0.3) is 0 Å². The number of hydrogen-bond donors (Lipinski definition) is 1. The van der Waals surface area contributed by atoms with Crippen molar-refractivity contribution < 1.29 is 9.53 Å². The molecule has 1 aromatic carbocycles. The van der Waals surface area contributed by atoms with E-state index < -0.39 is 12.0 Å². The summed E-state index contributed by atoms with van der Waals surface area (Å²) in [4.78, 5) is 13.6. The van der Waals surface area contributed by atoms with Gasteiger partial charge in [-0.3, -0.25) is 4.79 Å². The van der Waals surface area contributed by atoms with E-state index >= 15 is 0 Å². The van der Waals surface area contributed by atoms with E-state index in [4.69, 9.17) is 17.3 Å². The first-order valence-electron chi connectivity index (χ1n) is 6.48. The maximum Gasteiger partial charge on any atom is 0.322 e. The second-order valence-corrected chi connectivity index (χ2v) is 5.22. The number of methoxy groups -OCH3 is 1. The molecule has 1 fully saturated rings. The van der Waals surface area contributed by atoms with E-state index in [9.17, 15) is 4.79 Å². The monoisotopic (exact) mass is 282 g/mol. The largest absolute Gasteiger partial charge is 0.468 e. The van der Waals surface area contributed by atoms with Gasteiger partial charge in [-0.05, 0) is 37.0 Å². The molecule has 0 bridgehead atoms. The van der Waals surface area contributed by atoms with Crippen LogP contribution in [0.1, 0.15) is 18.4 Å². The van der Waals surface area contributed by atoms with Crippen molar-refractivity contribution in [3.05, 3.63) is 28.8 Å². The molecule has 4 nitrogen and oxygen atoms in total. The molecule has 2 rings (SSSR count). The van der Waals surface area contributed by atoms with Crippen LogP contribution in [-0.4, -0.2) is 32.2 Å². The topological polar surface area (TPSA) is 55.6 Å². The standard InChI is InChI=1S/C14H19ClN2O2/c1-19-14(18)12(16)9-10-4-5-13(11(15)8-10)17-6-2-3-7-17/h4-5,8,12H,2-3,6-7,9,16H2,1H3. The fourth-order valence-electron chi connectivity index (χ4n) is 2.38. The zero-order chi connectivity index (χ0) is 13.8. The number of esters is 1. The van der Waals surface area contributed by atoms with Crippen LogP contribution in [0.2, 0.25) is 5.02 Å². The second kappa shape index (κ2) is 6.26. The van der Waals surface area contributed by atoms with Gasteiger partial charge in [0.2, 0.25) is 0 Å². The van der Waals surface area contributed by atoms with E-state index in [1.54, 1.807) is 0 Å². The summed E-state index contributed by atoms with van der Waals surface area (Å²) in [7, 11) is 1.34. The smallest absolute Gasteiger partial charge is 0.322 e. The van der Waals surface area contributed by atoms with Crippen LogP contribution < -0.4 is 10.6 Å². The highest BCUT2D eigenvalue weighted by atomic mass is 35.5. The Kier molecular flexibility index (Phi) is 4.66. The first-order valence-corrected chi connectivity index (χ1v) is 6.86. The summed E-state index contributed by atoms with van der Waals surface area (Å²) in [5, 5.41) is 0.719. The lowest BCUT2D eigenvalue weighted by molar-refractivity contribution is -0.142. The Bertz CT molecular complexity index is 459. The number of benzene rings is 1. The van der Waals surface area contributed by atoms with Crippen molar-refractivity contribution in [2.75, 3.05) is 25.1 Å². The molecule has 1 unspecified atom stereocenters. The van der Waals surface area contributed by atoms with E-state index in [1.165, 1.54) is 20.0 Å². The summed E-state index contributed by atoms with van der Waals surface area (Å²) >= 11 is 6.31. The zero-order valence-electron chi connectivity index (χ0n) is 11.1. The van der Waals surface area contributed by atoms with E-state index in [1.807, 2.05) is 18.2 Å². The molecule has 0 aromatic heterocycles. The summed E-state index contributed by atoms with van der Waals surface area (Å²) in [6, 6.07) is 5.23. The van der Waals surface area contributed by atoms with Crippen molar-refractivity contribution in [2.24, 2.45) is 5.73 Å². The minimum absolute atomic E-state index is 0.403. The Morgan fingerprint density at radius 1 is 1.47 bits per heavy atom. The fraction of sp³-hybridized carbons (Fsp3) is 0.500. The van der Waals surface area contributed by atoms with E-state index in [0.717, 1.165) is 29.4 Å². The summed E-state index contributed by atoms with van der Waals surface area (Å²) < 4.78 is 4.61. The average Bonchev–Trinajstić information content (AvgIpc) is 2.91. The van der Waals surface area contributed by atoms with Crippen molar-refractivity contribution >= 4 is 23.3 Å². The van der Waals surface area contributed by atoms with Crippen molar-refractivity contribution in [3.8, 4) is 0 Å². The van der Waals surface area contributed by atoms with Crippen LogP contribution in [0.25, 0.3) is 0 Å². The molecule has 1 aliphatic heterocycles. The SMILES string of the molecule is COC(=O)C(N)Cc1ccc(N2CCCC2)c(Cl)c1. The molecule has 5 heteroatoms. The number of carbonyl (C=O) groups is 1. The lowest BCUT2D eigenvalue weighted by Gasteiger charge is -2.20. The average molecular weight is 283 g/mol. The van der Waals surface area contributed by atoms with Crippen LogP contribution in [0.5, 0.6) is 0 Å². The van der Waals surface area contributed by atoms with Gasteiger partial charge in [0.1, 0.15) is 6.04 Å². The molecule has 0 spiro atoms. The highest BCUT2D eigenvalue weighted by Crippen LogP contribution is 2.29. The summed E-state index contributed by atoms with van der Waals surface area (Å²) in [6.07, 6.45) is 2.86. The number of ether oxygens (including phenoxy) is 1. The van der Waals surface area contributed by atoms with Gasteiger partial charge in [-0.1, -0.05) is 17.7 Å². The number of nitrogens with zero attached hydrogens (tertiary/aromatic N) is 1. The van der Waals surface area contributed by atoms with Crippen LogP contribution in [0.3, 0.4) is 0 Å². The highest BCUT2D eigenvalue weighted by molar-refractivity contribution is 6.33. The zero-order valence-corrected chi connectivity index (χ0v) is 11.8. The van der Waals surface area contributed by atoms with E-state index in [2.05, 4.69) is 9.64 Å². The summed E-state index contributed by atoms with van der Waals surface area (Å²) in [5.41, 5.74) is 7.76. The molecule has 1 aromatic rings. The van der Waals surface area contributed by atoms with Crippen molar-refractivity contribution in [1.82, 2.24) is 0 Å². The summed E-state index contributed by atoms with van der Waals surface area (Å²) in [6.45, 7) is 2.11. The molecule has 2 N–H and O–H groups in total. The molecular formula is C14H19ClN2O2. The third kappa shape index (κ3) is 3.39. The number of halogens is 1. The quantitative estimate of drug-likeness (QED) is 0.858. The van der Waals surface area contributed by atoms with Gasteiger partial charge in [0.15, 0.2) is 0 Å². The van der Waals surface area contributed by atoms with Crippen LogP contribution in [0.15, 0.2) is 18.2 Å². The lowest BCUT2D eigenvalue weighted by atomic mass is 10.1. The van der Waals surface area contributed by atoms with E-state index in [0.29, 0.717) is 6.42 Å². The molecular weight excluding hydrogens is 264 g/mol. The predicted octanol–water partition coefficient (Wildman–Crippen LogP) is 1.98. The second-order valence-electron chi connectivity index (χ2n) is 4.81. The van der Waals surface area contributed by atoms with Gasteiger partial charge in [-0.2, -0.15) is 0 Å². The van der Waals surface area contributed by atoms with Gasteiger partial charge in [0.05, 0.1) is 17.8 Å². The van der Waals surface area contributed by atoms with Crippen molar-refractivity contribution in [2.45, 2.75) is 25.3 Å².